The molecule has 0 radical (unpaired) electrons. The van der Waals surface area contributed by atoms with Gasteiger partial charge in [0.15, 0.2) is 0 Å². The van der Waals surface area contributed by atoms with E-state index in [1.807, 2.05) is 37.3 Å². The van der Waals surface area contributed by atoms with Gasteiger partial charge in [0.2, 0.25) is 0 Å². The molecule has 0 aromatic heterocycles. The maximum absolute atomic E-state index is 12.2. The molecule has 1 heterocycles. The third-order valence-corrected chi connectivity index (χ3v) is 4.75. The highest BCUT2D eigenvalue weighted by atomic mass is 16.6. The monoisotopic (exact) mass is 353 g/mol. The minimum atomic E-state index is -0.227. The molecule has 2 N–H and O–H groups in total. The second-order valence-electron chi connectivity index (χ2n) is 6.83. The van der Waals surface area contributed by atoms with Gasteiger partial charge in [-0.1, -0.05) is 54.6 Å². The lowest BCUT2D eigenvalue weighted by Crippen LogP contribution is -2.48. The molecule has 1 atom stereocenters. The van der Waals surface area contributed by atoms with Crippen LogP contribution in [0.1, 0.15) is 29.7 Å². The number of nitrogens with zero attached hydrogens (tertiary/aromatic N) is 2. The minimum Gasteiger partial charge on any atom is -0.445 e. The number of carbonyl (C=O) groups excluding carboxylic acids is 1. The first-order chi connectivity index (χ1) is 12.6. The molecule has 0 saturated carbocycles. The molecule has 138 valence electrons. The van der Waals surface area contributed by atoms with Gasteiger partial charge in [-0.05, 0) is 23.6 Å². The summed E-state index contributed by atoms with van der Waals surface area (Å²) in [6.07, 6.45) is -0.227. The van der Waals surface area contributed by atoms with E-state index in [-0.39, 0.29) is 12.1 Å². The van der Waals surface area contributed by atoms with Crippen LogP contribution in [0.5, 0.6) is 0 Å². The average Bonchev–Trinajstić information content (AvgIpc) is 2.68. The zero-order chi connectivity index (χ0) is 18.4. The molecule has 1 aliphatic rings. The summed E-state index contributed by atoms with van der Waals surface area (Å²) in [5.41, 5.74) is 9.33. The van der Waals surface area contributed by atoms with Crippen molar-refractivity contribution < 1.29 is 9.53 Å². The molecule has 1 fully saturated rings. The van der Waals surface area contributed by atoms with Crippen LogP contribution in [0.3, 0.4) is 0 Å². The number of nitrogens with two attached hydrogens (primary N) is 1. The van der Waals surface area contributed by atoms with E-state index < -0.39 is 0 Å². The van der Waals surface area contributed by atoms with Crippen LogP contribution in [0.2, 0.25) is 0 Å². The van der Waals surface area contributed by atoms with Gasteiger partial charge in [0.25, 0.3) is 0 Å². The van der Waals surface area contributed by atoms with Crippen LogP contribution in [0.15, 0.2) is 54.6 Å². The van der Waals surface area contributed by atoms with Crippen LogP contribution in [0.4, 0.5) is 4.79 Å². The molecule has 5 nitrogen and oxygen atoms in total. The highest BCUT2D eigenvalue weighted by Gasteiger charge is 2.22. The zero-order valence-electron chi connectivity index (χ0n) is 15.3. The van der Waals surface area contributed by atoms with E-state index in [4.69, 9.17) is 10.5 Å². The summed E-state index contributed by atoms with van der Waals surface area (Å²) in [7, 11) is 0. The molecule has 1 saturated heterocycles. The van der Waals surface area contributed by atoms with Crippen molar-refractivity contribution in [2.24, 2.45) is 5.73 Å². The summed E-state index contributed by atoms with van der Waals surface area (Å²) in [5.74, 6) is 0. The smallest absolute Gasteiger partial charge is 0.410 e. The van der Waals surface area contributed by atoms with E-state index in [1.54, 1.807) is 4.90 Å². The lowest BCUT2D eigenvalue weighted by molar-refractivity contribution is 0.0700. The van der Waals surface area contributed by atoms with Crippen molar-refractivity contribution in [3.63, 3.8) is 0 Å². The Balaban J connectivity index is 1.42. The molecular formula is C21H27N3O2. The number of benzene rings is 2. The summed E-state index contributed by atoms with van der Waals surface area (Å²) >= 11 is 0. The number of hydrogen-bond donors (Lipinski definition) is 1. The number of rotatable bonds is 5. The van der Waals surface area contributed by atoms with Gasteiger partial charge in [0, 0.05) is 38.8 Å². The summed E-state index contributed by atoms with van der Waals surface area (Å²) in [5, 5.41) is 0. The largest absolute Gasteiger partial charge is 0.445 e. The molecule has 0 aliphatic carbocycles. The molecule has 0 spiro atoms. The lowest BCUT2D eigenvalue weighted by Gasteiger charge is -2.34. The second-order valence-corrected chi connectivity index (χ2v) is 6.83. The van der Waals surface area contributed by atoms with Crippen molar-refractivity contribution in [1.29, 1.82) is 0 Å². The molecule has 26 heavy (non-hydrogen) atoms. The molecule has 0 bridgehead atoms. The van der Waals surface area contributed by atoms with Gasteiger partial charge < -0.3 is 15.4 Å². The van der Waals surface area contributed by atoms with E-state index in [1.165, 1.54) is 5.56 Å². The van der Waals surface area contributed by atoms with Crippen molar-refractivity contribution in [3.8, 4) is 0 Å². The van der Waals surface area contributed by atoms with Crippen LogP contribution in [0.25, 0.3) is 0 Å². The topological polar surface area (TPSA) is 58.8 Å². The third kappa shape index (κ3) is 5.07. The van der Waals surface area contributed by atoms with Crippen LogP contribution in [0, 0.1) is 0 Å². The lowest BCUT2D eigenvalue weighted by atomic mass is 10.1. The van der Waals surface area contributed by atoms with E-state index in [0.717, 1.165) is 30.8 Å². The minimum absolute atomic E-state index is 0.0643. The Bertz CT molecular complexity index is 693. The van der Waals surface area contributed by atoms with E-state index in [0.29, 0.717) is 19.7 Å². The SMILES string of the molecule is C[C@H](N)c1ccc(CN2CCN(C(=O)OCc3ccccc3)CC2)cc1. The third-order valence-electron chi connectivity index (χ3n) is 4.75. The van der Waals surface area contributed by atoms with Gasteiger partial charge in [0.05, 0.1) is 0 Å². The van der Waals surface area contributed by atoms with Crippen molar-refractivity contribution in [1.82, 2.24) is 9.80 Å². The maximum Gasteiger partial charge on any atom is 0.410 e. The number of amides is 1. The van der Waals surface area contributed by atoms with E-state index >= 15 is 0 Å². The summed E-state index contributed by atoms with van der Waals surface area (Å²) < 4.78 is 5.41. The number of carbonyl (C=O) groups is 1. The quantitative estimate of drug-likeness (QED) is 0.897. The normalized spacial score (nSPS) is 16.3. The molecule has 2 aromatic rings. The van der Waals surface area contributed by atoms with Crippen LogP contribution in [-0.2, 0) is 17.9 Å². The standard InChI is InChI=1S/C21H27N3O2/c1-17(22)20-9-7-18(8-10-20)15-23-11-13-24(14-12-23)21(25)26-16-19-5-3-2-4-6-19/h2-10,17H,11-16,22H2,1H3/t17-/m0/s1. The number of piperazine rings is 1. The van der Waals surface area contributed by atoms with Gasteiger partial charge >= 0.3 is 6.09 Å². The van der Waals surface area contributed by atoms with Crippen LogP contribution in [-0.4, -0.2) is 42.1 Å². The van der Waals surface area contributed by atoms with Gasteiger partial charge in [-0.3, -0.25) is 4.90 Å². The summed E-state index contributed by atoms with van der Waals surface area (Å²) in [6, 6.07) is 18.3. The Labute approximate surface area is 155 Å². The van der Waals surface area contributed by atoms with E-state index in [2.05, 4.69) is 29.2 Å². The first-order valence-electron chi connectivity index (χ1n) is 9.14. The zero-order valence-corrected chi connectivity index (χ0v) is 15.3. The summed E-state index contributed by atoms with van der Waals surface area (Å²) in [4.78, 5) is 16.4. The molecule has 5 heteroatoms. The fraction of sp³-hybridized carbons (Fsp3) is 0.381. The van der Waals surface area contributed by atoms with Crippen LogP contribution < -0.4 is 5.73 Å². The molecular weight excluding hydrogens is 326 g/mol. The molecule has 3 rings (SSSR count). The second kappa shape index (κ2) is 8.83. The Kier molecular flexibility index (Phi) is 6.26. The highest BCUT2D eigenvalue weighted by molar-refractivity contribution is 5.67. The predicted octanol–water partition coefficient (Wildman–Crippen LogP) is 3.16. The Morgan fingerprint density at radius 3 is 2.27 bits per heavy atom. The van der Waals surface area contributed by atoms with Gasteiger partial charge in [-0.2, -0.15) is 0 Å². The Hall–Kier alpha value is -2.37. The first-order valence-corrected chi connectivity index (χ1v) is 9.14. The molecule has 1 aliphatic heterocycles. The van der Waals surface area contributed by atoms with E-state index in [9.17, 15) is 4.79 Å². The van der Waals surface area contributed by atoms with Crippen LogP contribution >= 0.6 is 0 Å². The fourth-order valence-corrected chi connectivity index (χ4v) is 3.08. The Morgan fingerprint density at radius 1 is 1.00 bits per heavy atom. The van der Waals surface area contributed by atoms with Crippen molar-refractivity contribution in [2.75, 3.05) is 26.2 Å². The average molecular weight is 353 g/mol. The summed E-state index contributed by atoms with van der Waals surface area (Å²) in [6.45, 7) is 6.32. The molecule has 2 aromatic carbocycles. The first kappa shape index (κ1) is 18.4. The molecule has 0 unspecified atom stereocenters. The van der Waals surface area contributed by atoms with Crippen molar-refractivity contribution >= 4 is 6.09 Å². The van der Waals surface area contributed by atoms with Gasteiger partial charge in [0.1, 0.15) is 6.61 Å². The van der Waals surface area contributed by atoms with Gasteiger partial charge in [-0.25, -0.2) is 4.79 Å². The predicted molar refractivity (Wildman–Crippen MR) is 103 cm³/mol. The fourth-order valence-electron chi connectivity index (χ4n) is 3.08. The van der Waals surface area contributed by atoms with Crippen molar-refractivity contribution in [2.45, 2.75) is 26.1 Å². The molecule has 1 amide bonds. The number of hydrogen-bond acceptors (Lipinski definition) is 4. The van der Waals surface area contributed by atoms with Gasteiger partial charge in [-0.15, -0.1) is 0 Å². The highest BCUT2D eigenvalue weighted by Crippen LogP contribution is 2.14. The van der Waals surface area contributed by atoms with Crippen molar-refractivity contribution in [3.05, 3.63) is 71.3 Å². The Morgan fingerprint density at radius 2 is 1.65 bits per heavy atom. The maximum atomic E-state index is 12.2. The number of ether oxygens (including phenoxy) is 1.